The minimum Gasteiger partial charge on any atom is -0.497 e. The number of methoxy groups -OCH3 is 2. The van der Waals surface area contributed by atoms with Gasteiger partial charge >= 0.3 is 0 Å². The van der Waals surface area contributed by atoms with Crippen LogP contribution in [0.3, 0.4) is 0 Å². The van der Waals surface area contributed by atoms with Gasteiger partial charge in [-0.1, -0.05) is 0 Å². The molecule has 154 valence electrons. The molecule has 0 aromatic heterocycles. The first-order chi connectivity index (χ1) is 13.9. The normalized spacial score (nSPS) is 14.8. The van der Waals surface area contributed by atoms with Crippen molar-refractivity contribution in [2.75, 3.05) is 27.3 Å². The van der Waals surface area contributed by atoms with Crippen LogP contribution in [0.2, 0.25) is 0 Å². The summed E-state index contributed by atoms with van der Waals surface area (Å²) in [6.45, 7) is 1.07. The Balaban J connectivity index is 1.66. The molecule has 0 atom stereocenters. The summed E-state index contributed by atoms with van der Waals surface area (Å²) in [5.74, 6) is 0.764. The van der Waals surface area contributed by atoms with Crippen molar-refractivity contribution in [3.05, 3.63) is 53.6 Å². The third-order valence-corrected chi connectivity index (χ3v) is 6.49. The van der Waals surface area contributed by atoms with E-state index >= 15 is 0 Å². The van der Waals surface area contributed by atoms with Crippen molar-refractivity contribution in [2.45, 2.75) is 17.7 Å². The van der Waals surface area contributed by atoms with Crippen molar-refractivity contribution in [1.29, 1.82) is 0 Å². The highest BCUT2D eigenvalue weighted by Crippen LogP contribution is 2.22. The van der Waals surface area contributed by atoms with Gasteiger partial charge in [-0.15, -0.1) is 0 Å². The van der Waals surface area contributed by atoms with Crippen LogP contribution in [0.15, 0.2) is 52.5 Å². The summed E-state index contributed by atoms with van der Waals surface area (Å²) in [6.07, 6.45) is 3.21. The molecule has 9 heteroatoms. The van der Waals surface area contributed by atoms with E-state index in [1.165, 1.54) is 34.8 Å². The summed E-state index contributed by atoms with van der Waals surface area (Å²) in [5, 5.41) is 3.94. The van der Waals surface area contributed by atoms with Crippen LogP contribution < -0.4 is 14.9 Å². The summed E-state index contributed by atoms with van der Waals surface area (Å²) in [6, 6.07) is 11.1. The van der Waals surface area contributed by atoms with Crippen molar-refractivity contribution in [3.63, 3.8) is 0 Å². The lowest BCUT2D eigenvalue weighted by molar-refractivity contribution is 0.0955. The summed E-state index contributed by atoms with van der Waals surface area (Å²) < 4.78 is 36.9. The van der Waals surface area contributed by atoms with Gasteiger partial charge in [0, 0.05) is 30.3 Å². The molecular weight excluding hydrogens is 394 g/mol. The minimum atomic E-state index is -3.50. The Morgan fingerprint density at radius 1 is 1.03 bits per heavy atom. The predicted octanol–water partition coefficient (Wildman–Crippen LogP) is 2.25. The van der Waals surface area contributed by atoms with Gasteiger partial charge in [-0.2, -0.15) is 9.41 Å². The molecule has 3 rings (SSSR count). The van der Waals surface area contributed by atoms with Crippen molar-refractivity contribution < 1.29 is 22.7 Å². The lowest BCUT2D eigenvalue weighted by Crippen LogP contribution is -2.28. The number of nitrogens with zero attached hydrogens (tertiary/aromatic N) is 2. The number of rotatable bonds is 7. The summed E-state index contributed by atoms with van der Waals surface area (Å²) in [5.41, 5.74) is 3.42. The molecule has 1 aliphatic rings. The fraction of sp³-hybridized carbons (Fsp3) is 0.300. The van der Waals surface area contributed by atoms with Gasteiger partial charge in [-0.25, -0.2) is 13.8 Å². The number of amides is 1. The first-order valence-corrected chi connectivity index (χ1v) is 10.5. The standard InChI is InChI=1S/C20H23N3O5S/c1-27-17-11-15(12-18(13-17)28-2)14-21-22-20(24)16-5-7-19(8-6-16)29(25,26)23-9-3-4-10-23/h5-8,11-14H,3-4,9-10H2,1-2H3,(H,22,24)/b21-14-. The fourth-order valence-electron chi connectivity index (χ4n) is 2.99. The highest BCUT2D eigenvalue weighted by atomic mass is 32.2. The number of sulfonamides is 1. The quantitative estimate of drug-likeness (QED) is 0.551. The van der Waals surface area contributed by atoms with Crippen LogP contribution in [0.5, 0.6) is 11.5 Å². The van der Waals surface area contributed by atoms with Crippen LogP contribution in [0.25, 0.3) is 0 Å². The minimum absolute atomic E-state index is 0.183. The number of benzene rings is 2. The van der Waals surface area contributed by atoms with Gasteiger partial charge in [-0.3, -0.25) is 4.79 Å². The molecule has 1 amide bonds. The zero-order valence-corrected chi connectivity index (χ0v) is 17.1. The second kappa shape index (κ2) is 9.06. The molecule has 29 heavy (non-hydrogen) atoms. The molecular formula is C20H23N3O5S. The smallest absolute Gasteiger partial charge is 0.271 e. The van der Waals surface area contributed by atoms with Gasteiger partial charge in [0.05, 0.1) is 25.3 Å². The van der Waals surface area contributed by atoms with E-state index in [9.17, 15) is 13.2 Å². The molecule has 0 aliphatic carbocycles. The fourth-order valence-corrected chi connectivity index (χ4v) is 4.51. The monoisotopic (exact) mass is 417 g/mol. The second-order valence-corrected chi connectivity index (χ2v) is 8.42. The molecule has 1 heterocycles. The SMILES string of the molecule is COc1cc(/C=N\NC(=O)c2ccc(S(=O)(=O)N3CCCC3)cc2)cc(OC)c1. The van der Waals surface area contributed by atoms with E-state index in [0.717, 1.165) is 12.8 Å². The Morgan fingerprint density at radius 3 is 2.17 bits per heavy atom. The van der Waals surface area contributed by atoms with Gasteiger partial charge in [0.25, 0.3) is 5.91 Å². The van der Waals surface area contributed by atoms with E-state index in [0.29, 0.717) is 35.7 Å². The Bertz CT molecular complexity index is 975. The van der Waals surface area contributed by atoms with E-state index in [1.54, 1.807) is 32.4 Å². The van der Waals surface area contributed by atoms with Gasteiger partial charge in [0.2, 0.25) is 10.0 Å². The lowest BCUT2D eigenvalue weighted by atomic mass is 10.2. The van der Waals surface area contributed by atoms with E-state index < -0.39 is 15.9 Å². The lowest BCUT2D eigenvalue weighted by Gasteiger charge is -2.15. The van der Waals surface area contributed by atoms with E-state index in [2.05, 4.69) is 10.5 Å². The molecule has 0 saturated carbocycles. The van der Waals surface area contributed by atoms with Crippen LogP contribution in [0.1, 0.15) is 28.8 Å². The average molecular weight is 417 g/mol. The van der Waals surface area contributed by atoms with Crippen LogP contribution in [-0.2, 0) is 10.0 Å². The van der Waals surface area contributed by atoms with Gasteiger partial charge in [0.15, 0.2) is 0 Å². The molecule has 2 aromatic carbocycles. The second-order valence-electron chi connectivity index (χ2n) is 6.48. The maximum atomic E-state index is 12.5. The molecule has 1 saturated heterocycles. The zero-order chi connectivity index (χ0) is 20.9. The number of ether oxygens (including phenoxy) is 2. The molecule has 1 fully saturated rings. The maximum absolute atomic E-state index is 12.5. The third kappa shape index (κ3) is 4.93. The largest absolute Gasteiger partial charge is 0.497 e. The molecule has 1 N–H and O–H groups in total. The number of hydrogen-bond donors (Lipinski definition) is 1. The maximum Gasteiger partial charge on any atom is 0.271 e. The number of carbonyl (C=O) groups is 1. The van der Waals surface area contributed by atoms with Gasteiger partial charge < -0.3 is 9.47 Å². The molecule has 0 bridgehead atoms. The van der Waals surface area contributed by atoms with Crippen molar-refractivity contribution >= 4 is 22.1 Å². The summed E-state index contributed by atoms with van der Waals surface area (Å²) in [7, 11) is -0.406. The number of nitrogens with one attached hydrogen (secondary N) is 1. The van der Waals surface area contributed by atoms with Crippen LogP contribution >= 0.6 is 0 Å². The average Bonchev–Trinajstić information content (AvgIpc) is 3.29. The van der Waals surface area contributed by atoms with Gasteiger partial charge in [-0.05, 0) is 49.2 Å². The molecule has 1 aliphatic heterocycles. The number of carbonyl (C=O) groups excluding carboxylic acids is 1. The Labute approximate surface area is 170 Å². The Hall–Kier alpha value is -2.91. The van der Waals surface area contributed by atoms with Gasteiger partial charge in [0.1, 0.15) is 11.5 Å². The van der Waals surface area contributed by atoms with Crippen LogP contribution in [0, 0.1) is 0 Å². The number of hydrogen-bond acceptors (Lipinski definition) is 6. The van der Waals surface area contributed by atoms with Crippen molar-refractivity contribution in [2.24, 2.45) is 5.10 Å². The Kier molecular flexibility index (Phi) is 6.50. The van der Waals surface area contributed by atoms with Crippen molar-refractivity contribution in [3.8, 4) is 11.5 Å². The first kappa shape index (κ1) is 20.8. The van der Waals surface area contributed by atoms with E-state index in [-0.39, 0.29) is 4.90 Å². The molecule has 0 unspecified atom stereocenters. The van der Waals surface area contributed by atoms with E-state index in [4.69, 9.17) is 9.47 Å². The highest BCUT2D eigenvalue weighted by molar-refractivity contribution is 7.89. The molecule has 0 radical (unpaired) electrons. The summed E-state index contributed by atoms with van der Waals surface area (Å²) in [4.78, 5) is 12.4. The first-order valence-electron chi connectivity index (χ1n) is 9.11. The van der Waals surface area contributed by atoms with E-state index in [1.807, 2.05) is 0 Å². The predicted molar refractivity (Wildman–Crippen MR) is 109 cm³/mol. The molecule has 2 aromatic rings. The molecule has 0 spiro atoms. The highest BCUT2D eigenvalue weighted by Gasteiger charge is 2.27. The van der Waals surface area contributed by atoms with Crippen LogP contribution in [-0.4, -0.2) is 52.2 Å². The summed E-state index contributed by atoms with van der Waals surface area (Å²) >= 11 is 0. The zero-order valence-electron chi connectivity index (χ0n) is 16.3. The Morgan fingerprint density at radius 2 is 1.62 bits per heavy atom. The molecule has 8 nitrogen and oxygen atoms in total. The van der Waals surface area contributed by atoms with Crippen molar-refractivity contribution in [1.82, 2.24) is 9.73 Å². The number of hydrazone groups is 1. The third-order valence-electron chi connectivity index (χ3n) is 4.57. The topological polar surface area (TPSA) is 97.3 Å². The van der Waals surface area contributed by atoms with Crippen LogP contribution in [0.4, 0.5) is 0 Å².